The average Bonchev–Trinajstić information content (AvgIpc) is 2.61. The summed E-state index contributed by atoms with van der Waals surface area (Å²) in [6.07, 6.45) is 6.63. The summed E-state index contributed by atoms with van der Waals surface area (Å²) in [7, 11) is 0. The molecule has 126 valence electrons. The Kier molecular flexibility index (Phi) is 5.19. The smallest absolute Gasteiger partial charge is 0.0109 e. The van der Waals surface area contributed by atoms with Crippen LogP contribution in [-0.4, -0.2) is 0 Å². The van der Waals surface area contributed by atoms with Crippen LogP contribution in [0.15, 0.2) is 67.3 Å². The van der Waals surface area contributed by atoms with E-state index in [2.05, 4.69) is 94.1 Å². The minimum absolute atomic E-state index is 1.08. The molecule has 0 amide bonds. The normalized spacial score (nSPS) is 11.3. The topological polar surface area (TPSA) is 0 Å². The van der Waals surface area contributed by atoms with Gasteiger partial charge in [0.2, 0.25) is 0 Å². The molecule has 3 aromatic carbocycles. The zero-order valence-corrected chi connectivity index (χ0v) is 15.5. The molecule has 0 aliphatic heterocycles. The number of aryl methyl sites for hydroxylation is 3. The molecular formula is C25H26. The molecule has 0 fully saturated rings. The second-order valence-electron chi connectivity index (χ2n) is 6.79. The van der Waals surface area contributed by atoms with Crippen molar-refractivity contribution in [3.63, 3.8) is 0 Å². The molecule has 0 atom stereocenters. The van der Waals surface area contributed by atoms with Crippen LogP contribution in [0.1, 0.15) is 41.2 Å². The van der Waals surface area contributed by atoms with Crippen molar-refractivity contribution in [3.05, 3.63) is 95.1 Å². The van der Waals surface area contributed by atoms with Crippen LogP contribution >= 0.6 is 0 Å². The van der Waals surface area contributed by atoms with Crippen molar-refractivity contribution in [2.75, 3.05) is 0 Å². The molecule has 0 saturated heterocycles. The van der Waals surface area contributed by atoms with Gasteiger partial charge in [0.05, 0.1) is 0 Å². The van der Waals surface area contributed by atoms with Gasteiger partial charge in [0.25, 0.3) is 0 Å². The number of allylic oxidation sites excluding steroid dienone is 2. The molecule has 0 saturated carbocycles. The minimum atomic E-state index is 1.08. The first-order valence-electron chi connectivity index (χ1n) is 9.05. The molecule has 0 aliphatic rings. The zero-order chi connectivity index (χ0) is 17.8. The van der Waals surface area contributed by atoms with Crippen molar-refractivity contribution in [2.45, 2.75) is 33.6 Å². The van der Waals surface area contributed by atoms with Gasteiger partial charge in [-0.05, 0) is 58.9 Å². The number of rotatable bonds is 5. The molecule has 25 heavy (non-hydrogen) atoms. The second-order valence-corrected chi connectivity index (χ2v) is 6.79. The fraction of sp³-hybridized carbons (Fsp3) is 0.200. The predicted octanol–water partition coefficient (Wildman–Crippen LogP) is 7.14. The summed E-state index contributed by atoms with van der Waals surface area (Å²) < 4.78 is 0. The lowest BCUT2D eigenvalue weighted by molar-refractivity contribution is 0.917. The Labute approximate surface area is 151 Å². The van der Waals surface area contributed by atoms with Gasteiger partial charge in [0.1, 0.15) is 0 Å². The van der Waals surface area contributed by atoms with Crippen molar-refractivity contribution in [3.8, 4) is 0 Å². The molecule has 3 aromatic rings. The summed E-state index contributed by atoms with van der Waals surface area (Å²) >= 11 is 0. The lowest BCUT2D eigenvalue weighted by atomic mass is 9.94. The van der Waals surface area contributed by atoms with Gasteiger partial charge in [-0.2, -0.15) is 0 Å². The van der Waals surface area contributed by atoms with Gasteiger partial charge >= 0.3 is 0 Å². The number of benzene rings is 3. The summed E-state index contributed by atoms with van der Waals surface area (Å²) in [5.41, 5.74) is 7.63. The predicted molar refractivity (Wildman–Crippen MR) is 112 cm³/mol. The largest absolute Gasteiger partial charge is 0.0911 e. The molecule has 0 bridgehead atoms. The highest BCUT2D eigenvalue weighted by molar-refractivity contribution is 5.93. The van der Waals surface area contributed by atoms with E-state index in [0.717, 1.165) is 18.4 Å². The summed E-state index contributed by atoms with van der Waals surface area (Å²) in [5, 5.41) is 2.57. The Balaban J connectivity index is 1.98. The van der Waals surface area contributed by atoms with Crippen molar-refractivity contribution < 1.29 is 0 Å². The van der Waals surface area contributed by atoms with Crippen LogP contribution in [0.2, 0.25) is 0 Å². The third-order valence-electron chi connectivity index (χ3n) is 4.77. The molecule has 0 radical (unpaired) electrons. The standard InChI is InChI=1S/C25H26/c1-5-8-22-17-18(2)11-15-23(22)19(3)13-16-24-20(4)12-14-21-9-6-7-10-25(21)24/h6-7,9-17H,3,5,8H2,1-2,4H3/b16-13-. The number of fused-ring (bicyclic) bond motifs is 1. The maximum Gasteiger partial charge on any atom is -0.0109 e. The maximum atomic E-state index is 4.34. The van der Waals surface area contributed by atoms with Gasteiger partial charge in [-0.1, -0.05) is 92.2 Å². The van der Waals surface area contributed by atoms with E-state index in [1.54, 1.807) is 0 Å². The molecule has 0 N–H and O–H groups in total. The van der Waals surface area contributed by atoms with Gasteiger partial charge in [-0.3, -0.25) is 0 Å². The summed E-state index contributed by atoms with van der Waals surface area (Å²) in [5.74, 6) is 0. The van der Waals surface area contributed by atoms with Gasteiger partial charge < -0.3 is 0 Å². The van der Waals surface area contributed by atoms with Crippen molar-refractivity contribution in [1.29, 1.82) is 0 Å². The van der Waals surface area contributed by atoms with Crippen molar-refractivity contribution in [1.82, 2.24) is 0 Å². The molecule has 0 heterocycles. The number of hydrogen-bond donors (Lipinski definition) is 0. The van der Waals surface area contributed by atoms with Crippen molar-refractivity contribution in [2.24, 2.45) is 0 Å². The quantitative estimate of drug-likeness (QED) is 0.437. The zero-order valence-electron chi connectivity index (χ0n) is 15.5. The summed E-state index contributed by atoms with van der Waals surface area (Å²) in [6, 6.07) is 19.6. The van der Waals surface area contributed by atoms with E-state index >= 15 is 0 Å². The Bertz CT molecular complexity index is 941. The first kappa shape index (κ1) is 17.2. The Hall–Kier alpha value is -2.60. The average molecular weight is 326 g/mol. The monoisotopic (exact) mass is 326 g/mol. The number of hydrogen-bond acceptors (Lipinski definition) is 0. The Morgan fingerprint density at radius 2 is 1.80 bits per heavy atom. The first-order valence-corrected chi connectivity index (χ1v) is 9.05. The van der Waals surface area contributed by atoms with Crippen LogP contribution in [0, 0.1) is 13.8 Å². The van der Waals surface area contributed by atoms with Crippen LogP contribution in [0.25, 0.3) is 22.4 Å². The third kappa shape index (κ3) is 3.74. The highest BCUT2D eigenvalue weighted by Crippen LogP contribution is 2.26. The Morgan fingerprint density at radius 3 is 2.60 bits per heavy atom. The summed E-state index contributed by atoms with van der Waals surface area (Å²) in [4.78, 5) is 0. The molecule has 0 aromatic heterocycles. The van der Waals surface area contributed by atoms with E-state index in [1.807, 2.05) is 0 Å². The van der Waals surface area contributed by atoms with E-state index in [4.69, 9.17) is 0 Å². The van der Waals surface area contributed by atoms with E-state index in [9.17, 15) is 0 Å². The van der Waals surface area contributed by atoms with E-state index in [-0.39, 0.29) is 0 Å². The van der Waals surface area contributed by atoms with E-state index in [0.29, 0.717) is 0 Å². The molecular weight excluding hydrogens is 300 g/mol. The molecule has 0 unspecified atom stereocenters. The van der Waals surface area contributed by atoms with Gasteiger partial charge in [0.15, 0.2) is 0 Å². The molecule has 0 spiro atoms. The van der Waals surface area contributed by atoms with E-state index < -0.39 is 0 Å². The molecule has 0 nitrogen and oxygen atoms in total. The van der Waals surface area contributed by atoms with Gasteiger partial charge in [0, 0.05) is 0 Å². The van der Waals surface area contributed by atoms with Gasteiger partial charge in [-0.15, -0.1) is 0 Å². The highest BCUT2D eigenvalue weighted by Gasteiger charge is 2.05. The lowest BCUT2D eigenvalue weighted by Gasteiger charge is -2.11. The molecule has 0 heteroatoms. The summed E-state index contributed by atoms with van der Waals surface area (Å²) in [6.45, 7) is 10.9. The van der Waals surface area contributed by atoms with Gasteiger partial charge in [-0.25, -0.2) is 0 Å². The van der Waals surface area contributed by atoms with Crippen molar-refractivity contribution >= 4 is 22.4 Å². The minimum Gasteiger partial charge on any atom is -0.0911 e. The van der Waals surface area contributed by atoms with Crippen LogP contribution in [0.4, 0.5) is 0 Å². The molecule has 0 aliphatic carbocycles. The SMILES string of the molecule is C=C(/C=C\c1c(C)ccc2ccccc12)c1ccc(C)cc1CCC. The van der Waals surface area contributed by atoms with Crippen LogP contribution in [-0.2, 0) is 6.42 Å². The maximum absolute atomic E-state index is 4.34. The highest BCUT2D eigenvalue weighted by atomic mass is 14.1. The Morgan fingerprint density at radius 1 is 1.00 bits per heavy atom. The fourth-order valence-electron chi connectivity index (χ4n) is 3.41. The third-order valence-corrected chi connectivity index (χ3v) is 4.77. The first-order chi connectivity index (χ1) is 12.1. The lowest BCUT2D eigenvalue weighted by Crippen LogP contribution is -1.93. The molecule has 3 rings (SSSR count). The van der Waals surface area contributed by atoms with Crippen LogP contribution in [0.5, 0.6) is 0 Å². The van der Waals surface area contributed by atoms with Crippen LogP contribution in [0.3, 0.4) is 0 Å². The van der Waals surface area contributed by atoms with E-state index in [1.165, 1.54) is 38.6 Å². The fourth-order valence-corrected chi connectivity index (χ4v) is 3.41. The second kappa shape index (κ2) is 7.53. The van der Waals surface area contributed by atoms with Crippen LogP contribution < -0.4 is 0 Å².